The molecule has 0 aromatic carbocycles. The number of amides is 2. The summed E-state index contributed by atoms with van der Waals surface area (Å²) in [5, 5.41) is 6.11. The van der Waals surface area contributed by atoms with E-state index >= 15 is 0 Å². The number of carbonyl (C=O) groups is 1. The monoisotopic (exact) mass is 171 g/mol. The highest BCUT2D eigenvalue weighted by atomic mass is 16.2. The molecule has 0 aliphatic carbocycles. The Kier molecular flexibility index (Phi) is 2.92. The van der Waals surface area contributed by atoms with E-state index < -0.39 is 0 Å². The molecule has 12 heavy (non-hydrogen) atoms. The van der Waals surface area contributed by atoms with Crippen molar-refractivity contribution in [1.29, 1.82) is 0 Å². The molecule has 1 aliphatic rings. The van der Waals surface area contributed by atoms with E-state index in [0.717, 1.165) is 13.1 Å². The van der Waals surface area contributed by atoms with Crippen molar-refractivity contribution in [3.63, 3.8) is 0 Å². The molecule has 0 spiro atoms. The first-order valence-corrected chi connectivity index (χ1v) is 4.30. The third-order valence-electron chi connectivity index (χ3n) is 2.28. The summed E-state index contributed by atoms with van der Waals surface area (Å²) in [5.74, 6) is 0.605. The number of nitrogens with one attached hydrogen (secondary N) is 2. The second kappa shape index (κ2) is 3.76. The molecule has 1 fully saturated rings. The molecule has 4 heteroatoms. The first kappa shape index (κ1) is 9.32. The van der Waals surface area contributed by atoms with Gasteiger partial charge in [0.1, 0.15) is 0 Å². The molecule has 1 saturated heterocycles. The Morgan fingerprint density at radius 3 is 2.50 bits per heavy atom. The molecular formula is C8H17N3O. The lowest BCUT2D eigenvalue weighted by Gasteiger charge is -2.33. The Balaban J connectivity index is 2.24. The van der Waals surface area contributed by atoms with Crippen LogP contribution in [0.5, 0.6) is 0 Å². The maximum absolute atomic E-state index is 11.2. The van der Waals surface area contributed by atoms with Crippen molar-refractivity contribution < 1.29 is 4.79 Å². The van der Waals surface area contributed by atoms with Gasteiger partial charge in [0, 0.05) is 39.1 Å². The highest BCUT2D eigenvalue weighted by Gasteiger charge is 2.24. The van der Waals surface area contributed by atoms with Crippen molar-refractivity contribution >= 4 is 6.03 Å². The van der Waals surface area contributed by atoms with Gasteiger partial charge in [0.25, 0.3) is 0 Å². The molecule has 1 heterocycles. The molecule has 1 unspecified atom stereocenters. The van der Waals surface area contributed by atoms with Gasteiger partial charge < -0.3 is 15.5 Å². The SMILES string of the molecule is CC(NC(=O)N(C)C)C1CNC1. The Morgan fingerprint density at radius 1 is 1.58 bits per heavy atom. The van der Waals surface area contributed by atoms with Gasteiger partial charge in [-0.1, -0.05) is 0 Å². The van der Waals surface area contributed by atoms with Gasteiger partial charge in [-0.15, -0.1) is 0 Å². The number of hydrogen-bond donors (Lipinski definition) is 2. The molecule has 1 rings (SSSR count). The number of rotatable bonds is 2. The van der Waals surface area contributed by atoms with Crippen LogP contribution in [0, 0.1) is 5.92 Å². The molecule has 1 atom stereocenters. The standard InChI is InChI=1S/C8H17N3O/c1-6(7-4-9-5-7)10-8(12)11(2)3/h6-7,9H,4-5H2,1-3H3,(H,10,12). The molecule has 0 saturated carbocycles. The lowest BCUT2D eigenvalue weighted by atomic mass is 9.95. The van der Waals surface area contributed by atoms with Crippen LogP contribution in [0.25, 0.3) is 0 Å². The van der Waals surface area contributed by atoms with Gasteiger partial charge >= 0.3 is 6.03 Å². The Bertz CT molecular complexity index is 166. The van der Waals surface area contributed by atoms with E-state index in [0.29, 0.717) is 5.92 Å². The maximum atomic E-state index is 11.2. The van der Waals surface area contributed by atoms with Gasteiger partial charge in [0.15, 0.2) is 0 Å². The minimum atomic E-state index is -0.00519. The second-order valence-electron chi connectivity index (χ2n) is 3.55. The fourth-order valence-electron chi connectivity index (χ4n) is 1.11. The predicted molar refractivity (Wildman–Crippen MR) is 48.0 cm³/mol. The zero-order chi connectivity index (χ0) is 9.14. The van der Waals surface area contributed by atoms with Crippen LogP contribution >= 0.6 is 0 Å². The fourth-order valence-corrected chi connectivity index (χ4v) is 1.11. The summed E-state index contributed by atoms with van der Waals surface area (Å²) in [6.45, 7) is 4.09. The van der Waals surface area contributed by atoms with E-state index in [1.807, 2.05) is 6.92 Å². The smallest absolute Gasteiger partial charge is 0.317 e. The first-order valence-electron chi connectivity index (χ1n) is 4.30. The molecule has 70 valence electrons. The topological polar surface area (TPSA) is 44.4 Å². The minimum absolute atomic E-state index is 0.00519. The highest BCUT2D eigenvalue weighted by Crippen LogP contribution is 2.08. The number of nitrogens with zero attached hydrogens (tertiary/aromatic N) is 1. The summed E-state index contributed by atoms with van der Waals surface area (Å²) in [6.07, 6.45) is 0. The predicted octanol–water partition coefficient (Wildman–Crippen LogP) is -0.134. The maximum Gasteiger partial charge on any atom is 0.317 e. The number of hydrogen-bond acceptors (Lipinski definition) is 2. The summed E-state index contributed by atoms with van der Waals surface area (Å²) in [5.41, 5.74) is 0. The third kappa shape index (κ3) is 2.11. The molecule has 2 N–H and O–H groups in total. The van der Waals surface area contributed by atoms with Crippen LogP contribution in [0.1, 0.15) is 6.92 Å². The van der Waals surface area contributed by atoms with Gasteiger partial charge in [0.05, 0.1) is 0 Å². The summed E-state index contributed by atoms with van der Waals surface area (Å²) < 4.78 is 0. The van der Waals surface area contributed by atoms with Crippen molar-refractivity contribution in [1.82, 2.24) is 15.5 Å². The summed E-state index contributed by atoms with van der Waals surface area (Å²) in [4.78, 5) is 12.8. The molecular weight excluding hydrogens is 154 g/mol. The minimum Gasteiger partial charge on any atom is -0.335 e. The van der Waals surface area contributed by atoms with Gasteiger partial charge in [-0.2, -0.15) is 0 Å². The lowest BCUT2D eigenvalue weighted by molar-refractivity contribution is 0.200. The molecule has 0 radical (unpaired) electrons. The van der Waals surface area contributed by atoms with Gasteiger partial charge in [-0.25, -0.2) is 4.79 Å². The van der Waals surface area contributed by atoms with Gasteiger partial charge in [0.2, 0.25) is 0 Å². The van der Waals surface area contributed by atoms with E-state index in [2.05, 4.69) is 10.6 Å². The van der Waals surface area contributed by atoms with Crippen LogP contribution in [0.4, 0.5) is 4.79 Å². The first-order chi connectivity index (χ1) is 5.61. The van der Waals surface area contributed by atoms with Crippen LogP contribution in [0.2, 0.25) is 0 Å². The fraction of sp³-hybridized carbons (Fsp3) is 0.875. The summed E-state index contributed by atoms with van der Waals surface area (Å²) in [7, 11) is 3.50. The van der Waals surface area contributed by atoms with E-state index in [1.54, 1.807) is 19.0 Å². The molecule has 0 bridgehead atoms. The number of carbonyl (C=O) groups excluding carboxylic acids is 1. The lowest BCUT2D eigenvalue weighted by Crippen LogP contribution is -2.54. The average molecular weight is 171 g/mol. The van der Waals surface area contributed by atoms with Crippen LogP contribution < -0.4 is 10.6 Å². The van der Waals surface area contributed by atoms with E-state index in [4.69, 9.17) is 0 Å². The second-order valence-corrected chi connectivity index (χ2v) is 3.55. The van der Waals surface area contributed by atoms with Crippen molar-refractivity contribution in [3.8, 4) is 0 Å². The van der Waals surface area contributed by atoms with E-state index in [9.17, 15) is 4.79 Å². The Hall–Kier alpha value is -0.770. The Labute approximate surface area is 73.3 Å². The summed E-state index contributed by atoms with van der Waals surface area (Å²) >= 11 is 0. The van der Waals surface area contributed by atoms with Gasteiger partial charge in [-0.3, -0.25) is 0 Å². The molecule has 4 nitrogen and oxygen atoms in total. The van der Waals surface area contributed by atoms with Crippen LogP contribution in [-0.4, -0.2) is 44.2 Å². The summed E-state index contributed by atoms with van der Waals surface area (Å²) in [6, 6.07) is 0.274. The van der Waals surface area contributed by atoms with Crippen molar-refractivity contribution in [2.75, 3.05) is 27.2 Å². The molecule has 1 aliphatic heterocycles. The highest BCUT2D eigenvalue weighted by molar-refractivity contribution is 5.73. The normalized spacial score (nSPS) is 19.6. The van der Waals surface area contributed by atoms with E-state index in [-0.39, 0.29) is 12.1 Å². The molecule has 0 aromatic heterocycles. The zero-order valence-corrected chi connectivity index (χ0v) is 7.92. The van der Waals surface area contributed by atoms with Crippen LogP contribution in [-0.2, 0) is 0 Å². The quantitative estimate of drug-likeness (QED) is 0.607. The number of urea groups is 1. The average Bonchev–Trinajstić information content (AvgIpc) is 1.82. The molecule has 0 aromatic rings. The van der Waals surface area contributed by atoms with Crippen LogP contribution in [0.3, 0.4) is 0 Å². The van der Waals surface area contributed by atoms with Crippen molar-refractivity contribution in [2.24, 2.45) is 5.92 Å². The van der Waals surface area contributed by atoms with E-state index in [1.165, 1.54) is 0 Å². The van der Waals surface area contributed by atoms with Crippen LogP contribution in [0.15, 0.2) is 0 Å². The van der Waals surface area contributed by atoms with Crippen molar-refractivity contribution in [2.45, 2.75) is 13.0 Å². The zero-order valence-electron chi connectivity index (χ0n) is 7.92. The Morgan fingerprint density at radius 2 is 2.17 bits per heavy atom. The molecule has 2 amide bonds. The third-order valence-corrected chi connectivity index (χ3v) is 2.28. The largest absolute Gasteiger partial charge is 0.335 e. The van der Waals surface area contributed by atoms with Crippen molar-refractivity contribution in [3.05, 3.63) is 0 Å². The van der Waals surface area contributed by atoms with Gasteiger partial charge in [-0.05, 0) is 6.92 Å².